The minimum atomic E-state index is 0.397. The summed E-state index contributed by atoms with van der Waals surface area (Å²) in [5.41, 5.74) is 10.1. The van der Waals surface area contributed by atoms with Gasteiger partial charge >= 0.3 is 0 Å². The van der Waals surface area contributed by atoms with Crippen molar-refractivity contribution in [2.24, 2.45) is 10.7 Å². The van der Waals surface area contributed by atoms with Gasteiger partial charge in [-0.05, 0) is 37.6 Å². The molecular formula is C15H18N4. The highest BCUT2D eigenvalue weighted by Gasteiger charge is 1.98. The van der Waals surface area contributed by atoms with Gasteiger partial charge in [-0.1, -0.05) is 23.8 Å². The third kappa shape index (κ3) is 3.81. The van der Waals surface area contributed by atoms with Gasteiger partial charge in [-0.2, -0.15) is 0 Å². The van der Waals surface area contributed by atoms with Crippen LogP contribution in [0, 0.1) is 13.8 Å². The molecule has 0 amide bonds. The zero-order valence-corrected chi connectivity index (χ0v) is 11.2. The quantitative estimate of drug-likeness (QED) is 0.653. The number of nitrogens with one attached hydrogen (secondary N) is 1. The molecule has 4 nitrogen and oxygen atoms in total. The Balaban J connectivity index is 2.00. The molecule has 0 aliphatic rings. The van der Waals surface area contributed by atoms with Gasteiger partial charge in [-0.15, -0.1) is 0 Å². The van der Waals surface area contributed by atoms with Gasteiger partial charge in [0.25, 0.3) is 0 Å². The fourth-order valence-corrected chi connectivity index (χ4v) is 1.67. The molecule has 1 aromatic heterocycles. The Labute approximate surface area is 113 Å². The van der Waals surface area contributed by atoms with Crippen molar-refractivity contribution >= 4 is 11.6 Å². The average Bonchev–Trinajstić information content (AvgIpc) is 2.40. The zero-order valence-electron chi connectivity index (χ0n) is 11.2. The minimum Gasteiger partial charge on any atom is -0.370 e. The van der Waals surface area contributed by atoms with Crippen molar-refractivity contribution in [2.75, 3.05) is 5.32 Å². The molecule has 0 unspecified atom stereocenters. The van der Waals surface area contributed by atoms with Crippen LogP contribution in [0.5, 0.6) is 0 Å². The summed E-state index contributed by atoms with van der Waals surface area (Å²) in [5, 5.41) is 3.06. The number of aryl methyl sites for hydroxylation is 2. The van der Waals surface area contributed by atoms with Crippen LogP contribution in [0.2, 0.25) is 0 Å². The monoisotopic (exact) mass is 254 g/mol. The highest BCUT2D eigenvalue weighted by molar-refractivity contribution is 5.92. The molecule has 0 atom stereocenters. The van der Waals surface area contributed by atoms with E-state index in [1.807, 2.05) is 50.2 Å². The number of aromatic nitrogens is 1. The molecule has 0 fully saturated rings. The summed E-state index contributed by atoms with van der Waals surface area (Å²) >= 11 is 0. The first-order valence-electron chi connectivity index (χ1n) is 6.19. The van der Waals surface area contributed by atoms with E-state index in [0.29, 0.717) is 12.5 Å². The first-order valence-corrected chi connectivity index (χ1v) is 6.19. The van der Waals surface area contributed by atoms with Crippen molar-refractivity contribution in [3.05, 3.63) is 59.4 Å². The molecule has 19 heavy (non-hydrogen) atoms. The van der Waals surface area contributed by atoms with Gasteiger partial charge in [-0.3, -0.25) is 4.98 Å². The number of hydrogen-bond acceptors (Lipinski definition) is 2. The number of nitrogens with two attached hydrogens (primary N) is 1. The van der Waals surface area contributed by atoms with E-state index in [1.54, 1.807) is 6.20 Å². The standard InChI is InChI=1S/C15H18N4/c1-11-5-7-13(8-6-11)19-15(16)18-10-14-12(2)4-3-9-17-14/h3-9H,10H2,1-2H3,(H3,16,18,19). The Morgan fingerprint density at radius 1 is 1.21 bits per heavy atom. The maximum Gasteiger partial charge on any atom is 0.193 e. The lowest BCUT2D eigenvalue weighted by Gasteiger charge is -2.06. The highest BCUT2D eigenvalue weighted by Crippen LogP contribution is 2.08. The van der Waals surface area contributed by atoms with E-state index in [2.05, 4.69) is 15.3 Å². The maximum absolute atomic E-state index is 5.85. The van der Waals surface area contributed by atoms with E-state index < -0.39 is 0 Å². The Morgan fingerprint density at radius 3 is 2.63 bits per heavy atom. The van der Waals surface area contributed by atoms with Gasteiger partial charge < -0.3 is 11.1 Å². The van der Waals surface area contributed by atoms with Crippen LogP contribution in [-0.4, -0.2) is 10.9 Å². The second-order valence-corrected chi connectivity index (χ2v) is 4.46. The lowest BCUT2D eigenvalue weighted by molar-refractivity contribution is 0.964. The average molecular weight is 254 g/mol. The molecule has 0 aliphatic carbocycles. The largest absolute Gasteiger partial charge is 0.370 e. The maximum atomic E-state index is 5.85. The molecule has 0 saturated heterocycles. The molecule has 2 rings (SSSR count). The predicted octanol–water partition coefficient (Wildman–Crippen LogP) is 2.63. The fraction of sp³-hybridized carbons (Fsp3) is 0.200. The minimum absolute atomic E-state index is 0.397. The summed E-state index contributed by atoms with van der Waals surface area (Å²) in [7, 11) is 0. The number of pyridine rings is 1. The van der Waals surface area contributed by atoms with Crippen molar-refractivity contribution in [3.8, 4) is 0 Å². The van der Waals surface area contributed by atoms with Crippen LogP contribution in [0.25, 0.3) is 0 Å². The van der Waals surface area contributed by atoms with Gasteiger partial charge in [-0.25, -0.2) is 4.99 Å². The van der Waals surface area contributed by atoms with Gasteiger partial charge in [0, 0.05) is 11.9 Å². The van der Waals surface area contributed by atoms with Crippen LogP contribution in [0.15, 0.2) is 47.6 Å². The normalized spacial score (nSPS) is 11.4. The fourth-order valence-electron chi connectivity index (χ4n) is 1.67. The van der Waals surface area contributed by atoms with E-state index >= 15 is 0 Å². The molecule has 1 heterocycles. The number of rotatable bonds is 3. The van der Waals surface area contributed by atoms with E-state index in [4.69, 9.17) is 5.73 Å². The van der Waals surface area contributed by atoms with Gasteiger partial charge in [0.05, 0.1) is 12.2 Å². The zero-order chi connectivity index (χ0) is 13.7. The van der Waals surface area contributed by atoms with Crippen molar-refractivity contribution in [3.63, 3.8) is 0 Å². The summed E-state index contributed by atoms with van der Waals surface area (Å²) in [6.45, 7) is 4.55. The summed E-state index contributed by atoms with van der Waals surface area (Å²) in [6, 6.07) is 11.9. The summed E-state index contributed by atoms with van der Waals surface area (Å²) in [4.78, 5) is 8.57. The van der Waals surface area contributed by atoms with Crippen LogP contribution >= 0.6 is 0 Å². The number of anilines is 1. The number of hydrogen-bond donors (Lipinski definition) is 2. The molecule has 0 radical (unpaired) electrons. The lowest BCUT2D eigenvalue weighted by Crippen LogP contribution is -2.22. The molecule has 0 spiro atoms. The van der Waals surface area contributed by atoms with Gasteiger partial charge in [0.2, 0.25) is 0 Å². The second kappa shape index (κ2) is 6.00. The Bertz CT molecular complexity index is 573. The van der Waals surface area contributed by atoms with E-state index in [9.17, 15) is 0 Å². The van der Waals surface area contributed by atoms with Crippen LogP contribution < -0.4 is 11.1 Å². The molecule has 98 valence electrons. The predicted molar refractivity (Wildman–Crippen MR) is 79.1 cm³/mol. The van der Waals surface area contributed by atoms with Crippen molar-refractivity contribution in [2.45, 2.75) is 20.4 Å². The number of guanidine groups is 1. The SMILES string of the molecule is Cc1ccc(NC(N)=NCc2ncccc2C)cc1. The Kier molecular flexibility index (Phi) is 4.13. The van der Waals surface area contributed by atoms with Gasteiger partial charge in [0.1, 0.15) is 0 Å². The van der Waals surface area contributed by atoms with E-state index in [1.165, 1.54) is 5.56 Å². The Morgan fingerprint density at radius 2 is 1.95 bits per heavy atom. The third-order valence-electron chi connectivity index (χ3n) is 2.84. The molecule has 0 aliphatic heterocycles. The molecular weight excluding hydrogens is 236 g/mol. The topological polar surface area (TPSA) is 63.3 Å². The van der Waals surface area contributed by atoms with Crippen molar-refractivity contribution < 1.29 is 0 Å². The molecule has 3 N–H and O–H groups in total. The first-order chi connectivity index (χ1) is 9.15. The first kappa shape index (κ1) is 13.1. The van der Waals surface area contributed by atoms with Crippen LogP contribution in [0.1, 0.15) is 16.8 Å². The van der Waals surface area contributed by atoms with Crippen molar-refractivity contribution in [1.29, 1.82) is 0 Å². The number of benzene rings is 1. The smallest absolute Gasteiger partial charge is 0.193 e. The van der Waals surface area contributed by atoms with E-state index in [0.717, 1.165) is 16.9 Å². The van der Waals surface area contributed by atoms with Crippen LogP contribution in [-0.2, 0) is 6.54 Å². The highest BCUT2D eigenvalue weighted by atomic mass is 15.1. The molecule has 0 bridgehead atoms. The second-order valence-electron chi connectivity index (χ2n) is 4.46. The lowest BCUT2D eigenvalue weighted by atomic mass is 10.2. The van der Waals surface area contributed by atoms with Gasteiger partial charge in [0.15, 0.2) is 5.96 Å². The number of aliphatic imine (C=N–C) groups is 1. The molecule has 2 aromatic rings. The van der Waals surface area contributed by atoms with Crippen molar-refractivity contribution in [1.82, 2.24) is 4.98 Å². The van der Waals surface area contributed by atoms with E-state index in [-0.39, 0.29) is 0 Å². The summed E-state index contributed by atoms with van der Waals surface area (Å²) < 4.78 is 0. The molecule has 0 saturated carbocycles. The Hall–Kier alpha value is -2.36. The van der Waals surface area contributed by atoms with Crippen LogP contribution in [0.4, 0.5) is 5.69 Å². The summed E-state index contributed by atoms with van der Waals surface area (Å²) in [5.74, 6) is 0.397. The molecule has 1 aromatic carbocycles. The van der Waals surface area contributed by atoms with Crippen LogP contribution in [0.3, 0.4) is 0 Å². The summed E-state index contributed by atoms with van der Waals surface area (Å²) in [6.07, 6.45) is 1.77. The third-order valence-corrected chi connectivity index (χ3v) is 2.84. The number of nitrogens with zero attached hydrogens (tertiary/aromatic N) is 2. The molecule has 4 heteroatoms.